The van der Waals surface area contributed by atoms with Crippen molar-refractivity contribution >= 4 is 12.1 Å². The van der Waals surface area contributed by atoms with E-state index in [1.165, 1.54) is 0 Å². The Morgan fingerprint density at radius 2 is 2.30 bits per heavy atom. The van der Waals surface area contributed by atoms with E-state index in [4.69, 9.17) is 5.73 Å². The number of amides is 1. The second-order valence-electron chi connectivity index (χ2n) is 4.71. The van der Waals surface area contributed by atoms with Gasteiger partial charge in [0.25, 0.3) is 0 Å². The van der Waals surface area contributed by atoms with Gasteiger partial charge in [-0.15, -0.1) is 0 Å². The quantitative estimate of drug-likeness (QED) is 0.708. The predicted molar refractivity (Wildman–Crippen MR) is 77.5 cm³/mol. The van der Waals surface area contributed by atoms with Gasteiger partial charge in [-0.25, -0.2) is 0 Å². The van der Waals surface area contributed by atoms with Crippen LogP contribution in [0.3, 0.4) is 0 Å². The first-order chi connectivity index (χ1) is 9.79. The van der Waals surface area contributed by atoms with Crippen molar-refractivity contribution in [3.63, 3.8) is 0 Å². The number of nitrogens with one attached hydrogen (secondary N) is 2. The molecule has 1 atom stereocenters. The number of benzene rings is 1. The van der Waals surface area contributed by atoms with E-state index < -0.39 is 0 Å². The van der Waals surface area contributed by atoms with E-state index in [1.807, 2.05) is 36.7 Å². The lowest BCUT2D eigenvalue weighted by Crippen LogP contribution is -2.40. The van der Waals surface area contributed by atoms with Crippen LogP contribution in [0, 0.1) is 0 Å². The summed E-state index contributed by atoms with van der Waals surface area (Å²) >= 11 is 0. The summed E-state index contributed by atoms with van der Waals surface area (Å²) in [6, 6.07) is 8.10. The molecule has 1 amide bonds. The highest BCUT2D eigenvalue weighted by atomic mass is 16.1. The molecule has 0 radical (unpaired) electrons. The highest BCUT2D eigenvalue weighted by Crippen LogP contribution is 2.29. The van der Waals surface area contributed by atoms with E-state index in [2.05, 4.69) is 27.7 Å². The molecule has 2 aliphatic rings. The number of fused-ring (bicyclic) bond motifs is 1. The van der Waals surface area contributed by atoms with Gasteiger partial charge in [-0.05, 0) is 29.3 Å². The summed E-state index contributed by atoms with van der Waals surface area (Å²) in [6.07, 6.45) is 8.50. The number of hydrogen-bond donors (Lipinski definition) is 3. The Morgan fingerprint density at radius 3 is 3.15 bits per heavy atom. The van der Waals surface area contributed by atoms with Crippen molar-refractivity contribution in [3.05, 3.63) is 65.6 Å². The Kier molecular flexibility index (Phi) is 3.16. The van der Waals surface area contributed by atoms with Gasteiger partial charge in [0.1, 0.15) is 6.17 Å². The maximum absolute atomic E-state index is 10.4. The fourth-order valence-electron chi connectivity index (χ4n) is 2.45. The summed E-state index contributed by atoms with van der Waals surface area (Å²) in [4.78, 5) is 12.5. The first-order valence-electron chi connectivity index (χ1n) is 6.44. The van der Waals surface area contributed by atoms with Crippen molar-refractivity contribution in [2.24, 2.45) is 5.73 Å². The molecule has 2 heterocycles. The number of nitrogens with zero attached hydrogens (tertiary/aromatic N) is 1. The molecule has 1 aromatic carbocycles. The molecule has 20 heavy (non-hydrogen) atoms. The molecule has 0 spiro atoms. The molecule has 5 nitrogen and oxygen atoms in total. The Morgan fingerprint density at radius 1 is 1.40 bits per heavy atom. The number of carbonyl (C=O) groups excluding carboxylic acids is 1. The maximum atomic E-state index is 10.4. The molecule has 0 bridgehead atoms. The normalized spacial score (nSPS) is 19.8. The molecule has 3 rings (SSSR count). The van der Waals surface area contributed by atoms with E-state index in [1.54, 1.807) is 0 Å². The van der Waals surface area contributed by atoms with E-state index in [0.717, 1.165) is 22.5 Å². The van der Waals surface area contributed by atoms with Crippen molar-refractivity contribution in [2.45, 2.75) is 12.7 Å². The predicted octanol–water partition coefficient (Wildman–Crippen LogP) is 0.832. The molecule has 0 saturated heterocycles. The highest BCUT2D eigenvalue weighted by molar-refractivity contribution is 5.69. The van der Waals surface area contributed by atoms with Crippen LogP contribution in [0.2, 0.25) is 0 Å². The van der Waals surface area contributed by atoms with Crippen molar-refractivity contribution < 1.29 is 4.79 Å². The van der Waals surface area contributed by atoms with Gasteiger partial charge in [0.2, 0.25) is 6.41 Å². The summed E-state index contributed by atoms with van der Waals surface area (Å²) in [5.74, 6) is 0. The zero-order chi connectivity index (χ0) is 13.9. The number of nitrogens with two attached hydrogens (primary N) is 1. The summed E-state index contributed by atoms with van der Waals surface area (Å²) < 4.78 is 0. The molecule has 0 aromatic heterocycles. The van der Waals surface area contributed by atoms with Crippen LogP contribution in [0.4, 0.5) is 0 Å². The molecular formula is C15H16N4O. The minimum atomic E-state index is -0.00763. The van der Waals surface area contributed by atoms with Crippen LogP contribution in [-0.2, 0) is 11.3 Å². The molecule has 2 aliphatic heterocycles. The number of allylic oxidation sites excluding steroid dienone is 2. The monoisotopic (exact) mass is 268 g/mol. The fraction of sp³-hybridized carbons (Fsp3) is 0.133. The highest BCUT2D eigenvalue weighted by Gasteiger charge is 2.27. The zero-order valence-corrected chi connectivity index (χ0v) is 10.9. The van der Waals surface area contributed by atoms with E-state index in [0.29, 0.717) is 13.0 Å². The summed E-state index contributed by atoms with van der Waals surface area (Å²) in [6.45, 7) is 0.528. The minimum Gasteiger partial charge on any atom is -0.399 e. The summed E-state index contributed by atoms with van der Waals surface area (Å²) in [5.41, 5.74) is 10.0. The molecule has 0 saturated carbocycles. The van der Waals surface area contributed by atoms with Gasteiger partial charge in [-0.2, -0.15) is 0 Å². The SMILES string of the molecule is NC1=CC=C(c2cccc(CNC=O)c2)N2C=CNC12. The Bertz CT molecular complexity index is 618. The summed E-state index contributed by atoms with van der Waals surface area (Å²) in [7, 11) is 0. The van der Waals surface area contributed by atoms with Gasteiger partial charge in [0.15, 0.2) is 0 Å². The van der Waals surface area contributed by atoms with Crippen molar-refractivity contribution in [3.8, 4) is 0 Å². The molecule has 0 aliphatic carbocycles. The van der Waals surface area contributed by atoms with Crippen LogP contribution in [0.1, 0.15) is 11.1 Å². The molecule has 1 aromatic rings. The van der Waals surface area contributed by atoms with Gasteiger partial charge in [0, 0.05) is 18.9 Å². The topological polar surface area (TPSA) is 70.4 Å². The fourth-order valence-corrected chi connectivity index (χ4v) is 2.45. The third-order valence-electron chi connectivity index (χ3n) is 3.41. The lowest BCUT2D eigenvalue weighted by molar-refractivity contribution is -0.109. The molecular weight excluding hydrogens is 252 g/mol. The standard InChI is InChI=1S/C15H16N4O/c16-13-4-5-14(19-7-6-18-15(13)19)12-3-1-2-11(8-12)9-17-10-20/h1-8,10,15,18H,9,16H2,(H,17,20). The van der Waals surface area contributed by atoms with Crippen molar-refractivity contribution in [1.29, 1.82) is 0 Å². The third-order valence-corrected chi connectivity index (χ3v) is 3.41. The third kappa shape index (κ3) is 2.14. The van der Waals surface area contributed by atoms with Gasteiger partial charge in [0.05, 0.1) is 11.4 Å². The van der Waals surface area contributed by atoms with Crippen molar-refractivity contribution in [2.75, 3.05) is 0 Å². The first kappa shape index (κ1) is 12.3. The molecule has 4 N–H and O–H groups in total. The maximum Gasteiger partial charge on any atom is 0.207 e. The van der Waals surface area contributed by atoms with Crippen molar-refractivity contribution in [1.82, 2.24) is 15.5 Å². The van der Waals surface area contributed by atoms with Gasteiger partial charge >= 0.3 is 0 Å². The van der Waals surface area contributed by atoms with E-state index in [9.17, 15) is 4.79 Å². The van der Waals surface area contributed by atoms with Gasteiger partial charge in [-0.1, -0.05) is 18.2 Å². The largest absolute Gasteiger partial charge is 0.399 e. The average molecular weight is 268 g/mol. The van der Waals surface area contributed by atoms with E-state index in [-0.39, 0.29) is 6.17 Å². The second kappa shape index (κ2) is 5.13. The Labute approximate surface area is 117 Å². The molecule has 0 fully saturated rings. The number of hydrogen-bond acceptors (Lipinski definition) is 4. The molecule has 102 valence electrons. The lowest BCUT2D eigenvalue weighted by Gasteiger charge is -2.31. The number of rotatable bonds is 4. The Balaban J connectivity index is 1.92. The van der Waals surface area contributed by atoms with Crippen LogP contribution in [0.15, 0.2) is 54.5 Å². The summed E-state index contributed by atoms with van der Waals surface area (Å²) in [5, 5.41) is 5.89. The van der Waals surface area contributed by atoms with Gasteiger partial charge < -0.3 is 21.3 Å². The average Bonchev–Trinajstić information content (AvgIpc) is 2.96. The lowest BCUT2D eigenvalue weighted by atomic mass is 10.0. The Hall–Kier alpha value is -2.69. The van der Waals surface area contributed by atoms with Crippen LogP contribution >= 0.6 is 0 Å². The zero-order valence-electron chi connectivity index (χ0n) is 10.9. The second-order valence-corrected chi connectivity index (χ2v) is 4.71. The van der Waals surface area contributed by atoms with Gasteiger partial charge in [-0.3, -0.25) is 4.79 Å². The minimum absolute atomic E-state index is 0.00763. The van der Waals surface area contributed by atoms with Crippen LogP contribution < -0.4 is 16.4 Å². The first-order valence-corrected chi connectivity index (χ1v) is 6.44. The van der Waals surface area contributed by atoms with Crippen LogP contribution in [0.25, 0.3) is 5.70 Å². The molecule has 5 heteroatoms. The van der Waals surface area contributed by atoms with E-state index >= 15 is 0 Å². The smallest absolute Gasteiger partial charge is 0.207 e. The van der Waals surface area contributed by atoms with Crippen LogP contribution in [-0.4, -0.2) is 17.5 Å². The van der Waals surface area contributed by atoms with Crippen LogP contribution in [0.5, 0.6) is 0 Å². The number of carbonyl (C=O) groups is 1. The molecule has 1 unspecified atom stereocenters.